The van der Waals surface area contributed by atoms with E-state index in [1.807, 2.05) is 18.2 Å². The Morgan fingerprint density at radius 2 is 2.09 bits per heavy atom. The van der Waals surface area contributed by atoms with Crippen LogP contribution in [0, 0.1) is 0 Å². The van der Waals surface area contributed by atoms with Gasteiger partial charge in [-0.2, -0.15) is 0 Å². The van der Waals surface area contributed by atoms with E-state index in [4.69, 9.17) is 9.47 Å². The fourth-order valence-corrected chi connectivity index (χ4v) is 2.90. The Morgan fingerprint density at radius 1 is 1.32 bits per heavy atom. The highest BCUT2D eigenvalue weighted by molar-refractivity contribution is 8.76. The average molecular weight is 344 g/mol. The van der Waals surface area contributed by atoms with Crippen LogP contribution in [-0.2, 0) is 14.3 Å². The van der Waals surface area contributed by atoms with Crippen molar-refractivity contribution >= 4 is 33.7 Å². The molecule has 8 heteroatoms. The number of esters is 1. The van der Waals surface area contributed by atoms with Crippen molar-refractivity contribution in [3.63, 3.8) is 0 Å². The number of nitrogens with one attached hydrogen (secondary N) is 1. The molecule has 1 heterocycles. The Kier molecular flexibility index (Phi) is 8.11. The summed E-state index contributed by atoms with van der Waals surface area (Å²) in [5.74, 6) is 0.147. The number of carbonyl (C=O) groups excluding carboxylic acids is 2. The van der Waals surface area contributed by atoms with Crippen LogP contribution < -0.4 is 5.32 Å². The molecule has 0 unspecified atom stereocenters. The van der Waals surface area contributed by atoms with E-state index in [1.165, 1.54) is 10.8 Å². The Bertz CT molecular complexity index is 477. The molecule has 0 fully saturated rings. The van der Waals surface area contributed by atoms with Crippen molar-refractivity contribution in [2.24, 2.45) is 0 Å². The molecule has 0 bridgehead atoms. The van der Waals surface area contributed by atoms with Crippen molar-refractivity contribution in [1.29, 1.82) is 0 Å². The van der Waals surface area contributed by atoms with Crippen molar-refractivity contribution < 1.29 is 19.1 Å². The first-order chi connectivity index (χ1) is 10.4. The van der Waals surface area contributed by atoms with Gasteiger partial charge in [0.1, 0.15) is 23.8 Å². The van der Waals surface area contributed by atoms with E-state index in [0.717, 1.165) is 5.03 Å². The summed E-state index contributed by atoms with van der Waals surface area (Å²) in [5, 5.41) is 3.26. The molecule has 1 aromatic rings. The highest BCUT2D eigenvalue weighted by atomic mass is 33.1. The molecule has 122 valence electrons. The van der Waals surface area contributed by atoms with Gasteiger partial charge in [0.25, 0.3) is 0 Å². The second-order valence-electron chi connectivity index (χ2n) is 5.15. The molecule has 1 amide bonds. The Morgan fingerprint density at radius 3 is 2.73 bits per heavy atom. The van der Waals surface area contributed by atoms with Crippen molar-refractivity contribution in [1.82, 2.24) is 10.3 Å². The summed E-state index contributed by atoms with van der Waals surface area (Å²) >= 11 is 0. The summed E-state index contributed by atoms with van der Waals surface area (Å²) in [5.41, 5.74) is -0.590. The maximum atomic E-state index is 11.4. The summed E-state index contributed by atoms with van der Waals surface area (Å²) < 4.78 is 10.0. The van der Waals surface area contributed by atoms with Gasteiger partial charge in [0.2, 0.25) is 0 Å². The van der Waals surface area contributed by atoms with E-state index in [9.17, 15) is 9.59 Å². The van der Waals surface area contributed by atoms with Crippen molar-refractivity contribution in [3.05, 3.63) is 24.4 Å². The molecule has 1 aromatic heterocycles. The van der Waals surface area contributed by atoms with Crippen LogP contribution in [0.2, 0.25) is 0 Å². The van der Waals surface area contributed by atoms with Gasteiger partial charge in [-0.3, -0.25) is 4.79 Å². The minimum atomic E-state index is -0.635. The van der Waals surface area contributed by atoms with E-state index in [1.54, 1.807) is 37.8 Å². The van der Waals surface area contributed by atoms with Crippen LogP contribution in [0.1, 0.15) is 20.8 Å². The lowest BCUT2D eigenvalue weighted by atomic mass is 10.2. The van der Waals surface area contributed by atoms with Crippen molar-refractivity contribution in [3.8, 4) is 0 Å². The number of aromatic nitrogens is 1. The van der Waals surface area contributed by atoms with E-state index >= 15 is 0 Å². The van der Waals surface area contributed by atoms with Crippen molar-refractivity contribution in [2.75, 3.05) is 18.9 Å². The summed E-state index contributed by atoms with van der Waals surface area (Å²) in [6, 6.07) is 5.68. The standard InChI is InChI=1S/C14H20N2O4S2/c1-14(2,3)20-13(18)16-10-12(17)19-8-9-21-22-11-6-4-5-7-15-11/h4-7H,8-10H2,1-3H3,(H,16,18). The van der Waals surface area contributed by atoms with Crippen LogP contribution in [-0.4, -0.2) is 41.6 Å². The van der Waals surface area contributed by atoms with Gasteiger partial charge in [0.15, 0.2) is 0 Å². The smallest absolute Gasteiger partial charge is 0.408 e. The van der Waals surface area contributed by atoms with Gasteiger partial charge >= 0.3 is 12.1 Å². The Balaban J connectivity index is 2.05. The zero-order valence-corrected chi connectivity index (χ0v) is 14.5. The van der Waals surface area contributed by atoms with Crippen LogP contribution in [0.25, 0.3) is 0 Å². The maximum absolute atomic E-state index is 11.4. The first-order valence-electron chi connectivity index (χ1n) is 6.70. The van der Waals surface area contributed by atoms with Crippen LogP contribution >= 0.6 is 21.6 Å². The highest BCUT2D eigenvalue weighted by Crippen LogP contribution is 2.28. The third-order valence-electron chi connectivity index (χ3n) is 1.99. The predicted octanol–water partition coefficient (Wildman–Crippen LogP) is 2.89. The summed E-state index contributed by atoms with van der Waals surface area (Å²) in [6.45, 7) is 5.33. The van der Waals surface area contributed by atoms with Gasteiger partial charge in [0.05, 0.1) is 0 Å². The highest BCUT2D eigenvalue weighted by Gasteiger charge is 2.16. The molecule has 0 aliphatic heterocycles. The van der Waals surface area contributed by atoms with E-state index in [2.05, 4.69) is 10.3 Å². The molecule has 1 rings (SSSR count). The number of pyridine rings is 1. The zero-order valence-electron chi connectivity index (χ0n) is 12.8. The van der Waals surface area contributed by atoms with Gasteiger partial charge in [-0.05, 0) is 43.7 Å². The van der Waals surface area contributed by atoms with Crippen LogP contribution in [0.4, 0.5) is 4.79 Å². The first kappa shape index (κ1) is 18.6. The predicted molar refractivity (Wildman–Crippen MR) is 87.7 cm³/mol. The zero-order chi connectivity index (χ0) is 16.4. The lowest BCUT2D eigenvalue weighted by Crippen LogP contribution is -2.36. The topological polar surface area (TPSA) is 77.5 Å². The number of amides is 1. The fourth-order valence-electron chi connectivity index (χ4n) is 1.20. The molecule has 6 nitrogen and oxygen atoms in total. The molecule has 0 aliphatic carbocycles. The normalized spacial score (nSPS) is 10.9. The van der Waals surface area contributed by atoms with Gasteiger partial charge in [-0.25, -0.2) is 9.78 Å². The summed E-state index contributed by atoms with van der Waals surface area (Å²) in [7, 11) is 3.07. The number of carbonyl (C=O) groups is 2. The third kappa shape index (κ3) is 9.51. The molecule has 0 aliphatic rings. The van der Waals surface area contributed by atoms with Crippen LogP contribution in [0.5, 0.6) is 0 Å². The SMILES string of the molecule is CC(C)(C)OC(=O)NCC(=O)OCCSSc1ccccn1. The van der Waals surface area contributed by atoms with Crippen LogP contribution in [0.15, 0.2) is 29.4 Å². The minimum Gasteiger partial charge on any atom is -0.463 e. The van der Waals surface area contributed by atoms with Gasteiger partial charge in [-0.15, -0.1) is 0 Å². The second-order valence-corrected chi connectivity index (χ2v) is 7.59. The third-order valence-corrected chi connectivity index (χ3v) is 4.22. The van der Waals surface area contributed by atoms with E-state index < -0.39 is 17.7 Å². The molecule has 1 N–H and O–H groups in total. The monoisotopic (exact) mass is 344 g/mol. The molecule has 22 heavy (non-hydrogen) atoms. The quantitative estimate of drug-likeness (QED) is 0.463. The van der Waals surface area contributed by atoms with E-state index in [-0.39, 0.29) is 13.2 Å². The van der Waals surface area contributed by atoms with E-state index in [0.29, 0.717) is 5.75 Å². The lowest BCUT2D eigenvalue weighted by Gasteiger charge is -2.19. The minimum absolute atomic E-state index is 0.201. The molecule has 0 spiro atoms. The fraction of sp³-hybridized carbons (Fsp3) is 0.500. The van der Waals surface area contributed by atoms with Gasteiger partial charge in [-0.1, -0.05) is 16.9 Å². The van der Waals surface area contributed by atoms with Gasteiger partial charge in [0, 0.05) is 11.9 Å². The number of ether oxygens (including phenoxy) is 2. The summed E-state index contributed by atoms with van der Waals surface area (Å²) in [4.78, 5) is 26.9. The molecule has 0 aromatic carbocycles. The Hall–Kier alpha value is -1.41. The number of rotatable bonds is 7. The molecule has 0 radical (unpaired) electrons. The molecular weight excluding hydrogens is 324 g/mol. The average Bonchev–Trinajstić information content (AvgIpc) is 2.44. The molecule has 0 atom stereocenters. The summed E-state index contributed by atoms with van der Waals surface area (Å²) in [6.07, 6.45) is 1.09. The number of alkyl carbamates (subject to hydrolysis) is 1. The molecular formula is C14H20N2O4S2. The largest absolute Gasteiger partial charge is 0.463 e. The van der Waals surface area contributed by atoms with Crippen molar-refractivity contribution in [2.45, 2.75) is 31.4 Å². The lowest BCUT2D eigenvalue weighted by molar-refractivity contribution is -0.141. The second kappa shape index (κ2) is 9.58. The molecule has 0 saturated carbocycles. The molecule has 0 saturated heterocycles. The first-order valence-corrected chi connectivity index (χ1v) is 9.02. The van der Waals surface area contributed by atoms with Gasteiger partial charge < -0.3 is 14.8 Å². The Labute approximate surface area is 138 Å². The van der Waals surface area contributed by atoms with Crippen LogP contribution in [0.3, 0.4) is 0 Å². The number of hydrogen-bond acceptors (Lipinski definition) is 7. The number of nitrogens with zero attached hydrogens (tertiary/aromatic N) is 1. The number of hydrogen-bond donors (Lipinski definition) is 1. The maximum Gasteiger partial charge on any atom is 0.408 e.